The van der Waals surface area contributed by atoms with Gasteiger partial charge < -0.3 is 9.47 Å². The Morgan fingerprint density at radius 3 is 2.36 bits per heavy atom. The van der Waals surface area contributed by atoms with Crippen LogP contribution in [0.3, 0.4) is 0 Å². The fourth-order valence-corrected chi connectivity index (χ4v) is 4.68. The van der Waals surface area contributed by atoms with Gasteiger partial charge in [-0.05, 0) is 82.2 Å². The van der Waals surface area contributed by atoms with Gasteiger partial charge in [0.2, 0.25) is 5.90 Å². The van der Waals surface area contributed by atoms with E-state index in [0.717, 1.165) is 4.47 Å². The van der Waals surface area contributed by atoms with Crippen LogP contribution in [0.15, 0.2) is 90.8 Å². The number of aliphatic imine (C=N–C) groups is 1. The summed E-state index contributed by atoms with van der Waals surface area (Å²) in [7, 11) is 0. The number of cyclic esters (lactones) is 1. The Morgan fingerprint density at radius 1 is 1.00 bits per heavy atom. The second kappa shape index (κ2) is 11.1. The van der Waals surface area contributed by atoms with Crippen molar-refractivity contribution >= 4 is 83.5 Å². The minimum absolute atomic E-state index is 0.0386. The molecule has 36 heavy (non-hydrogen) atoms. The van der Waals surface area contributed by atoms with Crippen LogP contribution in [0.25, 0.3) is 12.2 Å². The summed E-state index contributed by atoms with van der Waals surface area (Å²) in [5.41, 5.74) is 1.60. The SMILES string of the molecule is O=C(/C=C/c1ccc([N+](=O)[O-])cc1)Oc1c(Br)cc(Br)cc1/C=C1\N=C(c2ccc(Br)cc2)OC1=O. The lowest BCUT2D eigenvalue weighted by Crippen LogP contribution is -2.06. The molecule has 8 nitrogen and oxygen atoms in total. The summed E-state index contributed by atoms with van der Waals surface area (Å²) in [6, 6.07) is 16.2. The van der Waals surface area contributed by atoms with Gasteiger partial charge in [0.05, 0.1) is 9.40 Å². The lowest BCUT2D eigenvalue weighted by atomic mass is 10.1. The van der Waals surface area contributed by atoms with Crippen LogP contribution in [-0.2, 0) is 14.3 Å². The number of hydrogen-bond acceptors (Lipinski definition) is 7. The molecule has 0 aliphatic carbocycles. The van der Waals surface area contributed by atoms with Crippen LogP contribution >= 0.6 is 47.8 Å². The highest BCUT2D eigenvalue weighted by Crippen LogP contribution is 2.35. The van der Waals surface area contributed by atoms with E-state index in [9.17, 15) is 19.7 Å². The first kappa shape index (κ1) is 25.7. The van der Waals surface area contributed by atoms with Crippen molar-refractivity contribution in [2.24, 2.45) is 4.99 Å². The van der Waals surface area contributed by atoms with Crippen LogP contribution in [0.2, 0.25) is 0 Å². The maximum Gasteiger partial charge on any atom is 0.363 e. The van der Waals surface area contributed by atoms with Crippen molar-refractivity contribution in [3.05, 3.63) is 113 Å². The maximum atomic E-state index is 12.5. The number of carbonyl (C=O) groups is 2. The molecule has 0 bridgehead atoms. The van der Waals surface area contributed by atoms with Crippen molar-refractivity contribution in [1.29, 1.82) is 0 Å². The van der Waals surface area contributed by atoms with Crippen LogP contribution in [0.4, 0.5) is 5.69 Å². The molecule has 0 spiro atoms. The highest BCUT2D eigenvalue weighted by molar-refractivity contribution is 9.11. The molecule has 0 amide bonds. The normalized spacial score (nSPS) is 14.1. The predicted octanol–water partition coefficient (Wildman–Crippen LogP) is 6.85. The highest BCUT2D eigenvalue weighted by Gasteiger charge is 2.25. The Hall–Kier alpha value is -3.41. The molecule has 1 aliphatic heterocycles. The number of non-ortho nitro benzene ring substituents is 1. The van der Waals surface area contributed by atoms with Gasteiger partial charge >= 0.3 is 11.9 Å². The van der Waals surface area contributed by atoms with E-state index < -0.39 is 16.9 Å². The van der Waals surface area contributed by atoms with Crippen LogP contribution < -0.4 is 4.74 Å². The van der Waals surface area contributed by atoms with E-state index in [1.54, 1.807) is 36.4 Å². The summed E-state index contributed by atoms with van der Waals surface area (Å²) in [4.78, 5) is 39.6. The average Bonchev–Trinajstić information content (AvgIpc) is 3.20. The topological polar surface area (TPSA) is 108 Å². The molecule has 0 fully saturated rings. The van der Waals surface area contributed by atoms with Crippen LogP contribution in [-0.4, -0.2) is 22.8 Å². The van der Waals surface area contributed by atoms with Gasteiger partial charge in [0.1, 0.15) is 0 Å². The zero-order valence-electron chi connectivity index (χ0n) is 18.0. The molecule has 1 aliphatic rings. The fraction of sp³-hybridized carbons (Fsp3) is 0. The Bertz CT molecular complexity index is 1460. The number of nitro groups is 1. The molecule has 0 aromatic heterocycles. The molecule has 0 saturated heterocycles. The van der Waals surface area contributed by atoms with Crippen molar-refractivity contribution < 1.29 is 24.0 Å². The molecule has 0 N–H and O–H groups in total. The average molecular weight is 677 g/mol. The lowest BCUT2D eigenvalue weighted by Gasteiger charge is -2.09. The monoisotopic (exact) mass is 674 g/mol. The van der Waals surface area contributed by atoms with Crippen LogP contribution in [0.5, 0.6) is 5.75 Å². The third-order valence-electron chi connectivity index (χ3n) is 4.76. The number of carbonyl (C=O) groups excluding carboxylic acids is 2. The van der Waals surface area contributed by atoms with Crippen LogP contribution in [0.1, 0.15) is 16.7 Å². The minimum Gasteiger partial charge on any atom is -0.422 e. The maximum absolute atomic E-state index is 12.5. The third kappa shape index (κ3) is 6.23. The van der Waals surface area contributed by atoms with Gasteiger partial charge in [-0.1, -0.05) is 31.9 Å². The molecule has 180 valence electrons. The smallest absolute Gasteiger partial charge is 0.363 e. The Labute approximate surface area is 229 Å². The van der Waals surface area contributed by atoms with E-state index >= 15 is 0 Å². The van der Waals surface area contributed by atoms with Gasteiger partial charge in [-0.2, -0.15) is 0 Å². The summed E-state index contributed by atoms with van der Waals surface area (Å²) < 4.78 is 12.8. The summed E-state index contributed by atoms with van der Waals surface area (Å²) in [6.07, 6.45) is 4.13. The van der Waals surface area contributed by atoms with Crippen molar-refractivity contribution in [3.63, 3.8) is 0 Å². The number of rotatable bonds is 6. The molecule has 3 aromatic carbocycles. The molecule has 4 rings (SSSR count). The van der Waals surface area contributed by atoms with Crippen molar-refractivity contribution in [2.75, 3.05) is 0 Å². The van der Waals surface area contributed by atoms with E-state index in [0.29, 0.717) is 25.6 Å². The van der Waals surface area contributed by atoms with Gasteiger partial charge in [-0.3, -0.25) is 10.1 Å². The molecule has 11 heteroatoms. The van der Waals surface area contributed by atoms with Gasteiger partial charge in [0.25, 0.3) is 5.69 Å². The molecule has 0 radical (unpaired) electrons. The van der Waals surface area contributed by atoms with Gasteiger partial charge in [0.15, 0.2) is 11.4 Å². The first-order valence-electron chi connectivity index (χ1n) is 10.1. The van der Waals surface area contributed by atoms with Crippen molar-refractivity contribution in [2.45, 2.75) is 0 Å². The first-order chi connectivity index (χ1) is 17.2. The Balaban J connectivity index is 1.59. The Kier molecular flexibility index (Phi) is 7.92. The summed E-state index contributed by atoms with van der Waals surface area (Å²) in [5.74, 6) is -0.995. The predicted molar refractivity (Wildman–Crippen MR) is 144 cm³/mol. The van der Waals surface area contributed by atoms with Crippen molar-refractivity contribution in [3.8, 4) is 5.75 Å². The quantitative estimate of drug-likeness (QED) is 0.0930. The lowest BCUT2D eigenvalue weighted by molar-refractivity contribution is -0.384. The van der Waals surface area contributed by atoms with Gasteiger partial charge in [0, 0.05) is 38.3 Å². The standard InChI is InChI=1S/C25H13Br3N2O6/c26-17-6-4-15(5-7-17)24-29-21(25(32)36-24)12-16-11-18(27)13-20(28)23(16)35-22(31)10-3-14-1-8-19(9-2-14)30(33)34/h1-13H/b10-3+,21-12-. The molecule has 1 heterocycles. The van der Waals surface area contributed by atoms with E-state index in [1.165, 1.54) is 42.5 Å². The zero-order valence-corrected chi connectivity index (χ0v) is 22.7. The number of hydrogen-bond donors (Lipinski definition) is 0. The molecule has 3 aromatic rings. The zero-order chi connectivity index (χ0) is 25.8. The van der Waals surface area contributed by atoms with Gasteiger partial charge in [-0.25, -0.2) is 14.6 Å². The molecule has 0 unspecified atom stereocenters. The number of nitro benzene ring substituents is 1. The minimum atomic E-state index is -0.691. The number of halogens is 3. The third-order valence-corrected chi connectivity index (χ3v) is 6.33. The fourth-order valence-electron chi connectivity index (χ4n) is 3.07. The summed E-state index contributed by atoms with van der Waals surface area (Å²) in [6.45, 7) is 0. The second-order valence-electron chi connectivity index (χ2n) is 7.25. The first-order valence-corrected chi connectivity index (χ1v) is 12.5. The molecular formula is C25H13Br3N2O6. The summed E-state index contributed by atoms with van der Waals surface area (Å²) in [5, 5.41) is 10.8. The number of benzene rings is 3. The highest BCUT2D eigenvalue weighted by atomic mass is 79.9. The Morgan fingerprint density at radius 2 is 1.69 bits per heavy atom. The van der Waals surface area contributed by atoms with E-state index in [4.69, 9.17) is 9.47 Å². The van der Waals surface area contributed by atoms with Crippen LogP contribution in [0, 0.1) is 10.1 Å². The van der Waals surface area contributed by atoms with E-state index in [1.807, 2.05) is 0 Å². The molecule has 0 saturated carbocycles. The second-order valence-corrected chi connectivity index (χ2v) is 9.94. The van der Waals surface area contributed by atoms with Gasteiger partial charge in [-0.15, -0.1) is 0 Å². The van der Waals surface area contributed by atoms with E-state index in [-0.39, 0.29) is 23.0 Å². The molecule has 0 atom stereocenters. The summed E-state index contributed by atoms with van der Waals surface area (Å²) >= 11 is 10.1. The van der Waals surface area contributed by atoms with E-state index in [2.05, 4.69) is 52.8 Å². The van der Waals surface area contributed by atoms with Crippen molar-refractivity contribution in [1.82, 2.24) is 0 Å². The number of ether oxygens (including phenoxy) is 2. The molecular weight excluding hydrogens is 664 g/mol. The largest absolute Gasteiger partial charge is 0.422 e. The number of nitrogens with zero attached hydrogens (tertiary/aromatic N) is 2. The number of esters is 2.